The van der Waals surface area contributed by atoms with Gasteiger partial charge >= 0.3 is 0 Å². The number of rotatable bonds is 6. The smallest absolute Gasteiger partial charge is 0.283 e. The topological polar surface area (TPSA) is 81.0 Å². The van der Waals surface area contributed by atoms with E-state index in [0.29, 0.717) is 22.1 Å². The first kappa shape index (κ1) is 23.6. The lowest BCUT2D eigenvalue weighted by Gasteiger charge is -2.15. The predicted octanol–water partition coefficient (Wildman–Crippen LogP) is 3.14. The largest absolute Gasteiger partial charge is 0.496 e. The summed E-state index contributed by atoms with van der Waals surface area (Å²) >= 11 is 7.43. The lowest BCUT2D eigenvalue weighted by molar-refractivity contribution is 0.0994. The zero-order valence-corrected chi connectivity index (χ0v) is 19.8. The van der Waals surface area contributed by atoms with E-state index >= 15 is 0 Å². The maximum Gasteiger partial charge on any atom is 0.283 e. The fraction of sp³-hybridized carbons (Fsp3) is 0.474. The van der Waals surface area contributed by atoms with Gasteiger partial charge in [0.15, 0.2) is 4.80 Å². The molecular weight excluding hydrogens is 434 g/mol. The van der Waals surface area contributed by atoms with Gasteiger partial charge in [-0.1, -0.05) is 32.4 Å². The third kappa shape index (κ3) is 6.15. The number of methoxy groups -OCH3 is 1. The number of ether oxygens (including phenoxy) is 1. The van der Waals surface area contributed by atoms with E-state index in [9.17, 15) is 13.2 Å². The van der Waals surface area contributed by atoms with Gasteiger partial charge in [0.1, 0.15) is 5.75 Å². The van der Waals surface area contributed by atoms with Crippen LogP contribution in [-0.2, 0) is 22.0 Å². The summed E-state index contributed by atoms with van der Waals surface area (Å²) in [6.07, 6.45) is 3.08. The zero-order chi connectivity index (χ0) is 22.0. The second-order valence-electron chi connectivity index (χ2n) is 7.67. The Hall–Kier alpha value is -1.68. The fourth-order valence-corrected chi connectivity index (χ4v) is 4.04. The van der Waals surface area contributed by atoms with Crippen LogP contribution in [0.15, 0.2) is 29.4 Å². The summed E-state index contributed by atoms with van der Waals surface area (Å²) in [7, 11) is -0.297. The number of amides is 1. The highest BCUT2D eigenvalue weighted by molar-refractivity contribution is 7.88. The van der Waals surface area contributed by atoms with Crippen molar-refractivity contribution in [3.8, 4) is 5.75 Å². The molecule has 0 fully saturated rings. The van der Waals surface area contributed by atoms with Gasteiger partial charge in [0.05, 0.1) is 18.9 Å². The predicted molar refractivity (Wildman–Crippen MR) is 116 cm³/mol. The minimum Gasteiger partial charge on any atom is -0.496 e. The number of halogens is 1. The minimum absolute atomic E-state index is 0.139. The van der Waals surface area contributed by atoms with Crippen molar-refractivity contribution >= 4 is 38.9 Å². The highest BCUT2D eigenvalue weighted by atomic mass is 35.5. The van der Waals surface area contributed by atoms with E-state index < -0.39 is 15.9 Å². The van der Waals surface area contributed by atoms with E-state index in [2.05, 4.69) is 25.8 Å². The van der Waals surface area contributed by atoms with Crippen molar-refractivity contribution in [1.82, 2.24) is 8.87 Å². The summed E-state index contributed by atoms with van der Waals surface area (Å²) in [5.41, 5.74) is 0.130. The van der Waals surface area contributed by atoms with E-state index in [1.807, 2.05) is 10.8 Å². The van der Waals surface area contributed by atoms with Crippen molar-refractivity contribution in [2.24, 2.45) is 4.99 Å². The minimum atomic E-state index is -3.29. The molecule has 0 aliphatic carbocycles. The van der Waals surface area contributed by atoms with Gasteiger partial charge in [-0.15, -0.1) is 11.3 Å². The van der Waals surface area contributed by atoms with Gasteiger partial charge in [-0.25, -0.2) is 12.7 Å². The van der Waals surface area contributed by atoms with Crippen LogP contribution in [0.4, 0.5) is 0 Å². The Morgan fingerprint density at radius 3 is 2.55 bits per heavy atom. The molecule has 0 saturated heterocycles. The first-order valence-electron chi connectivity index (χ1n) is 8.87. The summed E-state index contributed by atoms with van der Waals surface area (Å²) in [6.45, 7) is 6.84. The van der Waals surface area contributed by atoms with Crippen LogP contribution in [0, 0.1) is 0 Å². The highest BCUT2D eigenvalue weighted by Gasteiger charge is 2.20. The van der Waals surface area contributed by atoms with Gasteiger partial charge in [-0.05, 0) is 23.6 Å². The normalized spacial score (nSPS) is 13.2. The molecule has 1 heterocycles. The van der Waals surface area contributed by atoms with Crippen molar-refractivity contribution in [1.29, 1.82) is 0 Å². The fourth-order valence-electron chi connectivity index (χ4n) is 2.38. The molecule has 160 valence electrons. The number of hydrogen-bond acceptors (Lipinski definition) is 5. The highest BCUT2D eigenvalue weighted by Crippen LogP contribution is 2.25. The lowest BCUT2D eigenvalue weighted by atomic mass is 9.95. The van der Waals surface area contributed by atoms with Crippen LogP contribution in [0.5, 0.6) is 5.75 Å². The quantitative estimate of drug-likeness (QED) is 0.664. The Bertz CT molecular complexity index is 1070. The third-order valence-corrected chi connectivity index (χ3v) is 7.27. The number of sulfonamides is 1. The lowest BCUT2D eigenvalue weighted by Crippen LogP contribution is -2.31. The third-order valence-electron chi connectivity index (χ3n) is 4.27. The summed E-state index contributed by atoms with van der Waals surface area (Å²) in [5.74, 6) is -0.0870. The molecular formula is C19H26ClN3O4S2. The maximum atomic E-state index is 12.8. The van der Waals surface area contributed by atoms with Crippen LogP contribution in [-0.4, -0.2) is 50.2 Å². The number of hydrogen-bond donors (Lipinski definition) is 0. The van der Waals surface area contributed by atoms with Crippen LogP contribution >= 0.6 is 22.9 Å². The molecule has 0 atom stereocenters. The molecule has 0 N–H and O–H groups in total. The monoisotopic (exact) mass is 459 g/mol. The van der Waals surface area contributed by atoms with E-state index in [1.54, 1.807) is 12.1 Å². The van der Waals surface area contributed by atoms with Gasteiger partial charge in [0.2, 0.25) is 10.0 Å². The number of carbonyl (C=O) groups is 1. The van der Waals surface area contributed by atoms with Crippen LogP contribution in [0.25, 0.3) is 0 Å². The molecule has 7 nitrogen and oxygen atoms in total. The summed E-state index contributed by atoms with van der Waals surface area (Å²) < 4.78 is 31.7. The van der Waals surface area contributed by atoms with E-state index in [-0.39, 0.29) is 17.5 Å². The van der Waals surface area contributed by atoms with Crippen molar-refractivity contribution in [3.05, 3.63) is 44.7 Å². The van der Waals surface area contributed by atoms with Crippen molar-refractivity contribution < 1.29 is 17.9 Å². The maximum absolute atomic E-state index is 12.8. The van der Waals surface area contributed by atoms with Gasteiger partial charge in [-0.2, -0.15) is 4.99 Å². The standard InChI is InChI=1S/C19H26ClN3O4S2/c1-19(2,3)16-12-23(10-9-22(4)29(6,25)26)18(28-16)21-17(24)14-11-13(20)7-8-15(14)27-5/h7-8,11-12H,9-10H2,1-6H3. The van der Waals surface area contributed by atoms with E-state index in [0.717, 1.165) is 11.1 Å². The van der Waals surface area contributed by atoms with Crippen molar-refractivity contribution in [3.63, 3.8) is 0 Å². The Morgan fingerprint density at radius 1 is 1.34 bits per heavy atom. The Kier molecular flexibility index (Phi) is 7.32. The number of thiazole rings is 1. The summed E-state index contributed by atoms with van der Waals surface area (Å²) in [5, 5.41) is 0.411. The molecule has 1 aromatic heterocycles. The van der Waals surface area contributed by atoms with Crippen molar-refractivity contribution in [2.45, 2.75) is 32.7 Å². The molecule has 10 heteroatoms. The number of aromatic nitrogens is 1. The van der Waals surface area contributed by atoms with Crippen LogP contribution in [0.3, 0.4) is 0 Å². The van der Waals surface area contributed by atoms with Gasteiger partial charge < -0.3 is 9.30 Å². The second kappa shape index (κ2) is 8.99. The average Bonchev–Trinajstić information content (AvgIpc) is 3.01. The van der Waals surface area contributed by atoms with E-state index in [1.165, 1.54) is 35.9 Å². The first-order valence-corrected chi connectivity index (χ1v) is 11.9. The average molecular weight is 460 g/mol. The molecule has 1 amide bonds. The summed E-state index contributed by atoms with van der Waals surface area (Å²) in [6, 6.07) is 4.78. The van der Waals surface area contributed by atoms with Crippen LogP contribution in [0.1, 0.15) is 36.0 Å². The number of carbonyl (C=O) groups excluding carboxylic acids is 1. The SMILES string of the molecule is COc1ccc(Cl)cc1C(=O)N=c1sc(C(C)(C)C)cn1CCN(C)S(C)(=O)=O. The zero-order valence-electron chi connectivity index (χ0n) is 17.4. The molecule has 0 bridgehead atoms. The molecule has 1 aromatic carbocycles. The van der Waals surface area contributed by atoms with Crippen molar-refractivity contribution in [2.75, 3.05) is 27.0 Å². The van der Waals surface area contributed by atoms with Crippen LogP contribution in [0.2, 0.25) is 5.02 Å². The van der Waals surface area contributed by atoms with E-state index in [4.69, 9.17) is 16.3 Å². The van der Waals surface area contributed by atoms with Gasteiger partial charge in [-0.3, -0.25) is 4.79 Å². The molecule has 29 heavy (non-hydrogen) atoms. The number of nitrogens with zero attached hydrogens (tertiary/aromatic N) is 3. The van der Waals surface area contributed by atoms with Gasteiger partial charge in [0, 0.05) is 36.2 Å². The first-order chi connectivity index (χ1) is 13.3. The molecule has 0 saturated carbocycles. The summed E-state index contributed by atoms with van der Waals surface area (Å²) in [4.78, 5) is 18.6. The molecule has 0 unspecified atom stereocenters. The van der Waals surface area contributed by atoms with Gasteiger partial charge in [0.25, 0.3) is 5.91 Å². The number of benzene rings is 1. The molecule has 0 radical (unpaired) electrons. The Balaban J connectivity index is 2.48. The molecule has 0 aliphatic rings. The van der Waals surface area contributed by atoms with Crippen LogP contribution < -0.4 is 9.54 Å². The Morgan fingerprint density at radius 2 is 2.00 bits per heavy atom. The molecule has 2 rings (SSSR count). The number of likely N-dealkylation sites (N-methyl/N-ethyl adjacent to an activating group) is 1. The molecule has 0 aliphatic heterocycles. The molecule has 0 spiro atoms. The second-order valence-corrected chi connectivity index (χ2v) is 11.2. The molecule has 2 aromatic rings. The Labute approximate surface area is 180 Å².